The molecule has 0 aliphatic rings. The second kappa shape index (κ2) is 6.34. The fraction of sp³-hybridized carbons (Fsp3) is 0.667. The Morgan fingerprint density at radius 3 is 2.62 bits per heavy atom. The highest BCUT2D eigenvalue weighted by Gasteiger charge is 1.95. The van der Waals surface area contributed by atoms with Crippen molar-refractivity contribution in [3.8, 4) is 0 Å². The zero-order valence-corrected chi connectivity index (χ0v) is 8.86. The fourth-order valence-corrected chi connectivity index (χ4v) is 0.867. The first-order valence-corrected chi connectivity index (χ1v) is 4.32. The molecule has 0 radical (unpaired) electrons. The molecule has 0 saturated carbocycles. The molecule has 0 unspecified atom stereocenters. The van der Waals surface area contributed by atoms with Gasteiger partial charge in [-0.25, -0.2) is 0 Å². The molecule has 0 rings (SSSR count). The van der Waals surface area contributed by atoms with Crippen molar-refractivity contribution < 1.29 is 0 Å². The summed E-state index contributed by atoms with van der Waals surface area (Å²) in [5, 5.41) is 13.0. The first kappa shape index (κ1) is 11.8. The van der Waals surface area contributed by atoms with Crippen LogP contribution in [0.3, 0.4) is 0 Å². The van der Waals surface area contributed by atoms with Gasteiger partial charge in [-0.15, -0.1) is 5.10 Å². The molecule has 0 aromatic rings. The minimum absolute atomic E-state index is 0.620. The van der Waals surface area contributed by atoms with Crippen LogP contribution in [-0.4, -0.2) is 30.8 Å². The van der Waals surface area contributed by atoms with E-state index in [4.69, 9.17) is 0 Å². The Morgan fingerprint density at radius 2 is 2.15 bits per heavy atom. The molecule has 0 aliphatic heterocycles. The van der Waals surface area contributed by atoms with Gasteiger partial charge in [0.1, 0.15) is 6.34 Å². The molecule has 0 aliphatic carbocycles. The molecule has 0 saturated heterocycles. The van der Waals surface area contributed by atoms with Crippen LogP contribution in [0.25, 0.3) is 0 Å². The van der Waals surface area contributed by atoms with E-state index in [0.717, 1.165) is 12.1 Å². The van der Waals surface area contributed by atoms with Crippen molar-refractivity contribution in [2.45, 2.75) is 27.2 Å². The van der Waals surface area contributed by atoms with Crippen LogP contribution in [0.2, 0.25) is 0 Å². The topological polar surface area (TPSA) is 40.3 Å². The molecular formula is C9H18N4. The lowest BCUT2D eigenvalue weighted by atomic mass is 10.1. The Balaban J connectivity index is 3.95. The first-order valence-electron chi connectivity index (χ1n) is 4.32. The van der Waals surface area contributed by atoms with Crippen molar-refractivity contribution in [2.75, 3.05) is 7.05 Å². The zero-order valence-electron chi connectivity index (χ0n) is 8.86. The molecule has 13 heavy (non-hydrogen) atoms. The molecule has 0 amide bonds. The van der Waals surface area contributed by atoms with Gasteiger partial charge in [0.25, 0.3) is 0 Å². The van der Waals surface area contributed by atoms with Crippen LogP contribution in [0.1, 0.15) is 27.2 Å². The highest BCUT2D eigenvalue weighted by Crippen LogP contribution is 2.00. The second-order valence-electron chi connectivity index (χ2n) is 3.38. The van der Waals surface area contributed by atoms with Gasteiger partial charge in [-0.3, -0.25) is 5.01 Å². The minimum atomic E-state index is 0.620. The normalized spacial score (nSPS) is 12.5. The van der Waals surface area contributed by atoms with Gasteiger partial charge < -0.3 is 0 Å². The summed E-state index contributed by atoms with van der Waals surface area (Å²) in [6, 6.07) is 0. The Labute approximate surface area is 80.0 Å². The Hall–Kier alpha value is -1.19. The lowest BCUT2D eigenvalue weighted by Crippen LogP contribution is -2.06. The number of nitrogens with zero attached hydrogens (tertiary/aromatic N) is 4. The van der Waals surface area contributed by atoms with Gasteiger partial charge in [0.05, 0.1) is 0 Å². The Kier molecular flexibility index (Phi) is 5.76. The third kappa shape index (κ3) is 7.18. The average molecular weight is 182 g/mol. The predicted octanol–water partition coefficient (Wildman–Crippen LogP) is 1.98. The van der Waals surface area contributed by atoms with Crippen LogP contribution in [-0.2, 0) is 0 Å². The quantitative estimate of drug-likeness (QED) is 0.364. The van der Waals surface area contributed by atoms with E-state index in [0.29, 0.717) is 5.92 Å². The SMILES string of the molecule is C=NN(C)/C=N\N=C(/C)CC(C)C. The van der Waals surface area contributed by atoms with Crippen molar-refractivity contribution in [2.24, 2.45) is 21.2 Å². The largest absolute Gasteiger partial charge is 0.256 e. The highest BCUT2D eigenvalue weighted by atomic mass is 15.4. The second-order valence-corrected chi connectivity index (χ2v) is 3.38. The molecular weight excluding hydrogens is 164 g/mol. The van der Waals surface area contributed by atoms with Crippen LogP contribution >= 0.6 is 0 Å². The first-order chi connectivity index (χ1) is 6.06. The predicted molar refractivity (Wildman–Crippen MR) is 58.4 cm³/mol. The van der Waals surface area contributed by atoms with Gasteiger partial charge in [0, 0.05) is 19.5 Å². The molecule has 0 aromatic carbocycles. The summed E-state index contributed by atoms with van der Waals surface area (Å²) in [6.45, 7) is 9.62. The summed E-state index contributed by atoms with van der Waals surface area (Å²) in [5.74, 6) is 0.620. The Morgan fingerprint density at radius 1 is 1.54 bits per heavy atom. The summed E-state index contributed by atoms with van der Waals surface area (Å²) < 4.78 is 0. The van der Waals surface area contributed by atoms with Crippen LogP contribution in [0.5, 0.6) is 0 Å². The lowest BCUT2D eigenvalue weighted by Gasteiger charge is -2.02. The molecule has 0 bridgehead atoms. The van der Waals surface area contributed by atoms with Gasteiger partial charge >= 0.3 is 0 Å². The van der Waals surface area contributed by atoms with Gasteiger partial charge in [0.15, 0.2) is 0 Å². The Bertz CT molecular complexity index is 206. The third-order valence-electron chi connectivity index (χ3n) is 1.37. The molecule has 0 atom stereocenters. The third-order valence-corrected chi connectivity index (χ3v) is 1.37. The smallest absolute Gasteiger partial charge is 0.134 e. The van der Waals surface area contributed by atoms with Crippen molar-refractivity contribution in [1.82, 2.24) is 5.01 Å². The average Bonchev–Trinajstić information content (AvgIpc) is 2.02. The van der Waals surface area contributed by atoms with E-state index in [9.17, 15) is 0 Å². The minimum Gasteiger partial charge on any atom is -0.256 e. The molecule has 74 valence electrons. The number of rotatable bonds is 5. The van der Waals surface area contributed by atoms with Crippen molar-refractivity contribution >= 4 is 18.8 Å². The summed E-state index contributed by atoms with van der Waals surface area (Å²) in [4.78, 5) is 0. The van der Waals surface area contributed by atoms with Gasteiger partial charge in [0.2, 0.25) is 0 Å². The van der Waals surface area contributed by atoms with E-state index in [1.165, 1.54) is 11.3 Å². The highest BCUT2D eigenvalue weighted by molar-refractivity contribution is 5.82. The molecule has 4 heteroatoms. The molecule has 0 fully saturated rings. The molecule has 0 N–H and O–H groups in total. The zero-order chi connectivity index (χ0) is 10.3. The van der Waals surface area contributed by atoms with Crippen molar-refractivity contribution in [3.05, 3.63) is 0 Å². The van der Waals surface area contributed by atoms with Crippen molar-refractivity contribution in [1.29, 1.82) is 0 Å². The number of hydrogen-bond donors (Lipinski definition) is 0. The van der Waals surface area contributed by atoms with Gasteiger partial charge in [-0.1, -0.05) is 13.8 Å². The summed E-state index contributed by atoms with van der Waals surface area (Å²) in [5.41, 5.74) is 1.03. The van der Waals surface area contributed by atoms with Gasteiger partial charge in [-0.05, 0) is 19.3 Å². The molecule has 0 aromatic heterocycles. The maximum Gasteiger partial charge on any atom is 0.134 e. The maximum absolute atomic E-state index is 4.01. The van der Waals surface area contributed by atoms with Crippen LogP contribution in [0, 0.1) is 5.92 Å². The molecule has 0 spiro atoms. The van der Waals surface area contributed by atoms with E-state index >= 15 is 0 Å². The summed E-state index contributed by atoms with van der Waals surface area (Å²) in [6.07, 6.45) is 2.50. The number of hydrazone groups is 1. The molecule has 4 nitrogen and oxygen atoms in total. The van der Waals surface area contributed by atoms with Crippen LogP contribution in [0.15, 0.2) is 15.3 Å². The van der Waals surface area contributed by atoms with E-state index < -0.39 is 0 Å². The monoisotopic (exact) mass is 182 g/mol. The van der Waals surface area contributed by atoms with Crippen LogP contribution in [0.4, 0.5) is 0 Å². The van der Waals surface area contributed by atoms with Crippen LogP contribution < -0.4 is 0 Å². The summed E-state index contributed by atoms with van der Waals surface area (Å²) >= 11 is 0. The lowest BCUT2D eigenvalue weighted by molar-refractivity contribution is 0.565. The van der Waals surface area contributed by atoms with Crippen molar-refractivity contribution in [3.63, 3.8) is 0 Å². The maximum atomic E-state index is 4.01. The standard InChI is InChI=1S/C9H18N4/c1-8(2)6-9(3)12-11-7-13(5)10-4/h7-8H,4,6H2,1-3,5H3/b11-7-,12-9+. The summed E-state index contributed by atoms with van der Waals surface area (Å²) in [7, 11) is 1.75. The molecule has 0 heterocycles. The number of hydrogen-bond acceptors (Lipinski definition) is 3. The van der Waals surface area contributed by atoms with Gasteiger partial charge in [-0.2, -0.15) is 10.2 Å². The van der Waals surface area contributed by atoms with E-state index in [2.05, 4.69) is 35.9 Å². The van der Waals surface area contributed by atoms with E-state index in [1.807, 2.05) is 6.92 Å². The van der Waals surface area contributed by atoms with E-state index in [1.54, 1.807) is 7.05 Å². The van der Waals surface area contributed by atoms with E-state index in [-0.39, 0.29) is 0 Å². The fourth-order valence-electron chi connectivity index (χ4n) is 0.867.